The van der Waals surface area contributed by atoms with E-state index in [1.165, 1.54) is 18.3 Å². The van der Waals surface area contributed by atoms with E-state index in [1.54, 1.807) is 18.2 Å². The van der Waals surface area contributed by atoms with Crippen LogP contribution in [0.2, 0.25) is 0 Å². The molecule has 0 bridgehead atoms. The number of carboxylic acids is 1. The monoisotopic (exact) mass is 501 g/mol. The summed E-state index contributed by atoms with van der Waals surface area (Å²) < 4.78 is 6.18. The number of carboxylic acid groups (broad SMARTS) is 1. The minimum atomic E-state index is -1.05. The van der Waals surface area contributed by atoms with Crippen LogP contribution in [0.1, 0.15) is 45.6 Å². The molecule has 188 valence electrons. The number of nitro benzene ring substituents is 1. The summed E-state index contributed by atoms with van der Waals surface area (Å²) in [6, 6.07) is 5.97. The van der Waals surface area contributed by atoms with E-state index in [1.807, 2.05) is 36.7 Å². The lowest BCUT2D eigenvalue weighted by Crippen LogP contribution is -2.58. The number of aliphatic carboxylic acids is 1. The molecule has 1 aromatic carbocycles. The van der Waals surface area contributed by atoms with E-state index in [0.717, 1.165) is 24.0 Å². The number of hydrogen-bond acceptors (Lipinski definition) is 7. The molecule has 0 saturated heterocycles. The van der Waals surface area contributed by atoms with Crippen LogP contribution in [0.4, 0.5) is 5.69 Å². The fourth-order valence-electron chi connectivity index (χ4n) is 4.30. The van der Waals surface area contributed by atoms with Crippen LogP contribution in [-0.4, -0.2) is 46.2 Å². The number of carbonyl (C=O) groups excluding carboxylic acids is 1. The highest BCUT2D eigenvalue weighted by atomic mass is 32.1. The molecular weight excluding hydrogens is 470 g/mol. The average Bonchev–Trinajstić information content (AvgIpc) is 3.36. The number of ether oxygens (including phenoxy) is 1. The van der Waals surface area contributed by atoms with E-state index in [-0.39, 0.29) is 36.2 Å². The fraction of sp³-hybridized carbons (Fsp3) is 0.440. The molecule has 0 saturated carbocycles. The molecular formula is C25H31N3O6S. The van der Waals surface area contributed by atoms with Crippen LogP contribution in [0.15, 0.2) is 46.7 Å². The van der Waals surface area contributed by atoms with Crippen molar-refractivity contribution in [3.63, 3.8) is 0 Å². The Balaban J connectivity index is 1.87. The predicted octanol–water partition coefficient (Wildman–Crippen LogP) is 4.27. The Hall–Kier alpha value is -3.08. The Morgan fingerprint density at radius 3 is 2.57 bits per heavy atom. The second kappa shape index (κ2) is 12.1. The lowest BCUT2D eigenvalue weighted by atomic mass is 9.87. The summed E-state index contributed by atoms with van der Waals surface area (Å²) in [4.78, 5) is 35.2. The highest BCUT2D eigenvalue weighted by Gasteiger charge is 2.37. The number of carbonyl (C=O) groups is 2. The normalized spacial score (nSPS) is 19.9. The molecule has 3 rings (SSSR count). The Morgan fingerprint density at radius 2 is 2.00 bits per heavy atom. The number of hydrogen-bond donors (Lipinski definition) is 3. The fourth-order valence-corrected chi connectivity index (χ4v) is 4.96. The van der Waals surface area contributed by atoms with Gasteiger partial charge >= 0.3 is 5.97 Å². The van der Waals surface area contributed by atoms with Gasteiger partial charge in [-0.2, -0.15) is 11.3 Å². The van der Waals surface area contributed by atoms with Gasteiger partial charge in [-0.05, 0) is 53.3 Å². The molecule has 1 aliphatic rings. The molecule has 1 amide bonds. The molecule has 0 fully saturated rings. The molecule has 0 aliphatic heterocycles. The molecule has 2 aromatic rings. The molecule has 0 spiro atoms. The van der Waals surface area contributed by atoms with E-state index >= 15 is 0 Å². The van der Waals surface area contributed by atoms with Gasteiger partial charge < -0.3 is 20.5 Å². The summed E-state index contributed by atoms with van der Waals surface area (Å²) in [5.74, 6) is -1.32. The lowest BCUT2D eigenvalue weighted by molar-refractivity contribution is -0.385. The van der Waals surface area contributed by atoms with E-state index in [9.17, 15) is 24.8 Å². The second-order valence-electron chi connectivity index (χ2n) is 8.57. The summed E-state index contributed by atoms with van der Waals surface area (Å²) in [5, 5.41) is 31.5. The van der Waals surface area contributed by atoms with Gasteiger partial charge in [0.15, 0.2) is 0 Å². The van der Waals surface area contributed by atoms with Gasteiger partial charge in [0.25, 0.3) is 5.69 Å². The highest BCUT2D eigenvalue weighted by molar-refractivity contribution is 7.08. The zero-order chi connectivity index (χ0) is 25.5. The van der Waals surface area contributed by atoms with Crippen LogP contribution in [0.25, 0.3) is 11.1 Å². The molecule has 10 heteroatoms. The Labute approximate surface area is 208 Å². The minimum Gasteiger partial charge on any atom is -0.478 e. The number of thiophene rings is 1. The van der Waals surface area contributed by atoms with E-state index in [0.29, 0.717) is 5.56 Å². The summed E-state index contributed by atoms with van der Waals surface area (Å²) in [5.41, 5.74) is 2.30. The average molecular weight is 502 g/mol. The largest absolute Gasteiger partial charge is 0.478 e. The van der Waals surface area contributed by atoms with Gasteiger partial charge in [0.1, 0.15) is 0 Å². The van der Waals surface area contributed by atoms with Crippen molar-refractivity contribution >= 4 is 28.9 Å². The molecule has 0 unspecified atom stereocenters. The number of benzene rings is 1. The highest BCUT2D eigenvalue weighted by Crippen LogP contribution is 2.30. The zero-order valence-corrected chi connectivity index (χ0v) is 20.8. The standard InChI is InChI=1S/C25H31N3O6S/c1-4-20(5-2)34-23-12-19(25(30)31)10-21(24(23)27-15(3)29)26-13-17-7-6-16(11-22(17)28(32)33)18-8-9-35-14-18/h6-9,11-12,14,20-21,23-24,26H,4-5,10,13H2,1-3H3,(H,27,29)(H,30,31)/t21-,23+,24+/m0/s1. The first-order valence-corrected chi connectivity index (χ1v) is 12.6. The van der Waals surface area contributed by atoms with Crippen molar-refractivity contribution < 1.29 is 24.4 Å². The van der Waals surface area contributed by atoms with Gasteiger partial charge in [-0.3, -0.25) is 14.9 Å². The summed E-state index contributed by atoms with van der Waals surface area (Å²) >= 11 is 1.51. The summed E-state index contributed by atoms with van der Waals surface area (Å²) in [6.07, 6.45) is 2.47. The molecule has 3 atom stereocenters. The third kappa shape index (κ3) is 6.74. The Bertz CT molecular complexity index is 1080. The number of nitrogens with zero attached hydrogens (tertiary/aromatic N) is 1. The van der Waals surface area contributed by atoms with E-state index in [4.69, 9.17) is 4.74 Å². The number of amides is 1. The van der Waals surface area contributed by atoms with Crippen molar-refractivity contribution in [1.82, 2.24) is 10.6 Å². The quantitative estimate of drug-likeness (QED) is 0.309. The molecule has 9 nitrogen and oxygen atoms in total. The molecule has 3 N–H and O–H groups in total. The van der Waals surface area contributed by atoms with Crippen LogP contribution in [-0.2, 0) is 20.9 Å². The molecule has 1 aliphatic carbocycles. The van der Waals surface area contributed by atoms with E-state index < -0.39 is 29.1 Å². The summed E-state index contributed by atoms with van der Waals surface area (Å²) in [6.45, 7) is 5.50. The Morgan fingerprint density at radius 1 is 1.26 bits per heavy atom. The van der Waals surface area contributed by atoms with E-state index in [2.05, 4.69) is 10.6 Å². The third-order valence-electron chi connectivity index (χ3n) is 6.19. The maximum absolute atomic E-state index is 12.0. The van der Waals surface area contributed by atoms with Crippen LogP contribution >= 0.6 is 11.3 Å². The van der Waals surface area contributed by atoms with Crippen LogP contribution in [0, 0.1) is 10.1 Å². The van der Waals surface area contributed by atoms with Crippen molar-refractivity contribution in [3.8, 4) is 11.1 Å². The molecule has 1 aromatic heterocycles. The smallest absolute Gasteiger partial charge is 0.331 e. The van der Waals surface area contributed by atoms with Crippen molar-refractivity contribution in [3.05, 3.63) is 62.4 Å². The minimum absolute atomic E-state index is 0.0214. The Kier molecular flexibility index (Phi) is 9.13. The predicted molar refractivity (Wildman–Crippen MR) is 134 cm³/mol. The maximum Gasteiger partial charge on any atom is 0.331 e. The van der Waals surface area contributed by atoms with Crippen molar-refractivity contribution in [2.45, 2.75) is 70.9 Å². The van der Waals surface area contributed by atoms with Gasteiger partial charge in [-0.15, -0.1) is 0 Å². The van der Waals surface area contributed by atoms with Gasteiger partial charge in [-0.1, -0.05) is 26.0 Å². The summed E-state index contributed by atoms with van der Waals surface area (Å²) in [7, 11) is 0. The number of nitro groups is 1. The van der Waals surface area contributed by atoms with Crippen molar-refractivity contribution in [1.29, 1.82) is 0 Å². The van der Waals surface area contributed by atoms with Gasteiger partial charge in [0.05, 0.1) is 23.2 Å². The number of rotatable bonds is 11. The first-order chi connectivity index (χ1) is 16.7. The second-order valence-corrected chi connectivity index (χ2v) is 9.35. The molecule has 0 radical (unpaired) electrons. The first-order valence-electron chi connectivity index (χ1n) is 11.6. The lowest BCUT2D eigenvalue weighted by Gasteiger charge is -2.38. The van der Waals surface area contributed by atoms with Crippen LogP contribution in [0.5, 0.6) is 0 Å². The van der Waals surface area contributed by atoms with Gasteiger partial charge in [0.2, 0.25) is 5.91 Å². The third-order valence-corrected chi connectivity index (χ3v) is 6.87. The van der Waals surface area contributed by atoms with Gasteiger partial charge in [0, 0.05) is 36.7 Å². The van der Waals surface area contributed by atoms with Gasteiger partial charge in [-0.25, -0.2) is 4.79 Å². The van der Waals surface area contributed by atoms with Crippen molar-refractivity contribution in [2.75, 3.05) is 0 Å². The molecule has 1 heterocycles. The molecule has 35 heavy (non-hydrogen) atoms. The SMILES string of the molecule is CCC(CC)O[C@@H]1C=C(C(=O)O)C[C@H](NCc2ccc(-c3ccsc3)cc2[N+](=O)[O-])[C@H]1NC(C)=O. The first kappa shape index (κ1) is 26.5. The number of nitrogens with one attached hydrogen (secondary N) is 2. The maximum atomic E-state index is 12.0. The zero-order valence-electron chi connectivity index (χ0n) is 20.0. The van der Waals surface area contributed by atoms with Crippen molar-refractivity contribution in [2.24, 2.45) is 0 Å². The van der Waals surface area contributed by atoms with Crippen LogP contribution in [0.3, 0.4) is 0 Å². The topological polar surface area (TPSA) is 131 Å². The van der Waals surface area contributed by atoms with Crippen LogP contribution < -0.4 is 10.6 Å².